The number of ketones is 1. The van der Waals surface area contributed by atoms with Gasteiger partial charge in [0.15, 0.2) is 5.78 Å². The first-order valence-electron chi connectivity index (χ1n) is 9.13. The van der Waals surface area contributed by atoms with Gasteiger partial charge in [-0.25, -0.2) is 0 Å². The zero-order valence-electron chi connectivity index (χ0n) is 14.8. The van der Waals surface area contributed by atoms with Crippen LogP contribution in [0.1, 0.15) is 41.2 Å². The van der Waals surface area contributed by atoms with Crippen molar-refractivity contribution < 1.29 is 4.79 Å². The molecule has 1 unspecified atom stereocenters. The number of hydrogen-bond donors (Lipinski definition) is 1. The highest BCUT2D eigenvalue weighted by atomic mass is 79.9. The second-order valence-electron chi connectivity index (χ2n) is 6.69. The van der Waals surface area contributed by atoms with Crippen molar-refractivity contribution in [3.63, 3.8) is 0 Å². The Labute approximate surface area is 168 Å². The minimum absolute atomic E-state index is 0.106. The van der Waals surface area contributed by atoms with Gasteiger partial charge in [-0.2, -0.15) is 0 Å². The molecule has 1 heterocycles. The highest BCUT2D eigenvalue weighted by molar-refractivity contribution is 9.10. The zero-order chi connectivity index (χ0) is 18.4. The molecule has 2 aromatic carbocycles. The maximum absolute atomic E-state index is 12.4. The molecule has 1 aliphatic heterocycles. The minimum atomic E-state index is 0.106. The van der Waals surface area contributed by atoms with Crippen molar-refractivity contribution in [3.05, 3.63) is 69.2 Å². The molecule has 0 saturated carbocycles. The van der Waals surface area contributed by atoms with Crippen LogP contribution in [0.15, 0.2) is 53.0 Å². The fourth-order valence-electron chi connectivity index (χ4n) is 3.47. The summed E-state index contributed by atoms with van der Waals surface area (Å²) in [6.07, 6.45) is 3.73. The highest BCUT2D eigenvalue weighted by Crippen LogP contribution is 2.29. The van der Waals surface area contributed by atoms with E-state index >= 15 is 0 Å². The van der Waals surface area contributed by atoms with Crippen LogP contribution < -0.4 is 5.32 Å². The van der Waals surface area contributed by atoms with Gasteiger partial charge in [0.2, 0.25) is 0 Å². The van der Waals surface area contributed by atoms with Crippen molar-refractivity contribution in [2.24, 2.45) is 0 Å². The lowest BCUT2D eigenvalue weighted by molar-refractivity contribution is 0.0983. The van der Waals surface area contributed by atoms with E-state index in [4.69, 9.17) is 11.6 Å². The number of hydrogen-bond acceptors (Lipinski definition) is 3. The van der Waals surface area contributed by atoms with E-state index < -0.39 is 0 Å². The molecule has 3 nitrogen and oxygen atoms in total. The van der Waals surface area contributed by atoms with E-state index in [1.807, 2.05) is 42.5 Å². The zero-order valence-corrected chi connectivity index (χ0v) is 17.1. The van der Waals surface area contributed by atoms with E-state index in [0.717, 1.165) is 33.7 Å². The van der Waals surface area contributed by atoms with Crippen LogP contribution in [-0.2, 0) is 0 Å². The topological polar surface area (TPSA) is 32.3 Å². The number of benzene rings is 2. The summed E-state index contributed by atoms with van der Waals surface area (Å²) in [5.41, 5.74) is 1.87. The SMILES string of the molecule is O=C(CNCC(c1ccccc1Cl)N1CCCCC1)c1ccc(Br)cc1. The van der Waals surface area contributed by atoms with Gasteiger partial charge in [0.05, 0.1) is 6.54 Å². The molecule has 0 amide bonds. The third-order valence-corrected chi connectivity index (χ3v) is 5.76. The van der Waals surface area contributed by atoms with E-state index in [-0.39, 0.29) is 11.8 Å². The van der Waals surface area contributed by atoms with Crippen LogP contribution in [0.25, 0.3) is 0 Å². The maximum atomic E-state index is 12.4. The van der Waals surface area contributed by atoms with Crippen molar-refractivity contribution in [3.8, 4) is 0 Å². The van der Waals surface area contributed by atoms with Gasteiger partial charge in [0, 0.05) is 27.6 Å². The molecule has 0 radical (unpaired) electrons. The van der Waals surface area contributed by atoms with E-state index in [1.165, 1.54) is 19.3 Å². The lowest BCUT2D eigenvalue weighted by Gasteiger charge is -2.35. The summed E-state index contributed by atoms with van der Waals surface area (Å²) in [6, 6.07) is 15.7. The normalized spacial score (nSPS) is 16.4. The Morgan fingerprint density at radius 2 is 1.77 bits per heavy atom. The third kappa shape index (κ3) is 5.17. The van der Waals surface area contributed by atoms with E-state index in [1.54, 1.807) is 0 Å². The first kappa shape index (κ1) is 19.6. The molecule has 0 aliphatic carbocycles. The number of carbonyl (C=O) groups is 1. The predicted octanol–water partition coefficient (Wildman–Crippen LogP) is 5.10. The fourth-order valence-corrected chi connectivity index (χ4v) is 4.00. The lowest BCUT2D eigenvalue weighted by atomic mass is 10.0. The molecule has 1 saturated heterocycles. The molecule has 1 aliphatic rings. The molecule has 138 valence electrons. The lowest BCUT2D eigenvalue weighted by Crippen LogP contribution is -2.40. The van der Waals surface area contributed by atoms with Crippen LogP contribution in [0.2, 0.25) is 5.02 Å². The van der Waals surface area contributed by atoms with Crippen molar-refractivity contribution in [1.29, 1.82) is 0 Å². The predicted molar refractivity (Wildman–Crippen MR) is 111 cm³/mol. The molecule has 5 heteroatoms. The van der Waals surface area contributed by atoms with Gasteiger partial charge in [0.25, 0.3) is 0 Å². The number of likely N-dealkylation sites (tertiary alicyclic amines) is 1. The minimum Gasteiger partial charge on any atom is -0.308 e. The molecule has 3 rings (SSSR count). The number of nitrogens with zero attached hydrogens (tertiary/aromatic N) is 1. The number of carbonyl (C=O) groups excluding carboxylic acids is 1. The molecule has 1 fully saturated rings. The number of halogens is 2. The van der Waals surface area contributed by atoms with Gasteiger partial charge in [-0.15, -0.1) is 0 Å². The van der Waals surface area contributed by atoms with Crippen LogP contribution in [0.3, 0.4) is 0 Å². The van der Waals surface area contributed by atoms with Gasteiger partial charge in [-0.3, -0.25) is 9.69 Å². The number of nitrogens with one attached hydrogen (secondary N) is 1. The van der Waals surface area contributed by atoms with E-state index in [0.29, 0.717) is 13.1 Å². The molecule has 0 spiro atoms. The van der Waals surface area contributed by atoms with Crippen molar-refractivity contribution in [1.82, 2.24) is 10.2 Å². The summed E-state index contributed by atoms with van der Waals surface area (Å²) in [5.74, 6) is 0.106. The average Bonchev–Trinajstić information content (AvgIpc) is 2.67. The van der Waals surface area contributed by atoms with Gasteiger partial charge in [0.1, 0.15) is 0 Å². The maximum Gasteiger partial charge on any atom is 0.176 e. The Balaban J connectivity index is 1.65. The Morgan fingerprint density at radius 3 is 2.46 bits per heavy atom. The van der Waals surface area contributed by atoms with Crippen molar-refractivity contribution in [2.75, 3.05) is 26.2 Å². The molecule has 0 bridgehead atoms. The fraction of sp³-hybridized carbons (Fsp3) is 0.381. The van der Waals surface area contributed by atoms with Gasteiger partial charge < -0.3 is 5.32 Å². The molecule has 2 aromatic rings. The largest absolute Gasteiger partial charge is 0.308 e. The molecular formula is C21H24BrClN2O. The summed E-state index contributed by atoms with van der Waals surface area (Å²) in [6.45, 7) is 3.21. The second-order valence-corrected chi connectivity index (χ2v) is 8.02. The van der Waals surface area contributed by atoms with Crippen LogP contribution in [0.5, 0.6) is 0 Å². The highest BCUT2D eigenvalue weighted by Gasteiger charge is 2.24. The smallest absolute Gasteiger partial charge is 0.176 e. The number of rotatable bonds is 7. The van der Waals surface area contributed by atoms with Crippen LogP contribution in [0.4, 0.5) is 0 Å². The third-order valence-electron chi connectivity index (χ3n) is 4.89. The van der Waals surface area contributed by atoms with Gasteiger partial charge in [-0.1, -0.05) is 64.3 Å². The Bertz CT molecular complexity index is 729. The molecule has 26 heavy (non-hydrogen) atoms. The Kier molecular flexibility index (Phi) is 7.26. The summed E-state index contributed by atoms with van der Waals surface area (Å²) in [4.78, 5) is 14.9. The van der Waals surface area contributed by atoms with Crippen LogP contribution >= 0.6 is 27.5 Å². The van der Waals surface area contributed by atoms with Crippen molar-refractivity contribution in [2.45, 2.75) is 25.3 Å². The van der Waals surface area contributed by atoms with E-state index in [2.05, 4.69) is 32.2 Å². The van der Waals surface area contributed by atoms with Crippen molar-refractivity contribution >= 4 is 33.3 Å². The van der Waals surface area contributed by atoms with Gasteiger partial charge in [-0.05, 0) is 49.7 Å². The first-order chi connectivity index (χ1) is 12.6. The van der Waals surface area contributed by atoms with Crippen LogP contribution in [0, 0.1) is 0 Å². The summed E-state index contributed by atoms with van der Waals surface area (Å²) in [7, 11) is 0. The number of piperidine rings is 1. The second kappa shape index (κ2) is 9.65. The summed E-state index contributed by atoms with van der Waals surface area (Å²) in [5, 5.41) is 4.16. The number of Topliss-reactive ketones (excluding diaryl/α,β-unsaturated/α-hetero) is 1. The Hall–Kier alpha value is -1.20. The first-order valence-corrected chi connectivity index (χ1v) is 10.3. The summed E-state index contributed by atoms with van der Waals surface area (Å²) >= 11 is 9.86. The molecule has 0 aromatic heterocycles. The molecular weight excluding hydrogens is 412 g/mol. The quantitative estimate of drug-likeness (QED) is 0.614. The molecule has 1 atom stereocenters. The average molecular weight is 436 g/mol. The molecule has 1 N–H and O–H groups in total. The van der Waals surface area contributed by atoms with Gasteiger partial charge >= 0.3 is 0 Å². The monoisotopic (exact) mass is 434 g/mol. The standard InChI is InChI=1S/C21H24BrClN2O/c22-17-10-8-16(9-11-17)21(26)15-24-14-20(25-12-4-1-5-13-25)18-6-2-3-7-19(18)23/h2-3,6-11,20,24H,1,4-5,12-15H2. The Morgan fingerprint density at radius 1 is 1.08 bits per heavy atom. The van der Waals surface area contributed by atoms with E-state index in [9.17, 15) is 4.79 Å². The van der Waals surface area contributed by atoms with Crippen LogP contribution in [-0.4, -0.2) is 36.9 Å². The summed E-state index contributed by atoms with van der Waals surface area (Å²) < 4.78 is 0.978.